The van der Waals surface area contributed by atoms with Crippen molar-refractivity contribution in [1.82, 2.24) is 20.2 Å². The van der Waals surface area contributed by atoms with Gasteiger partial charge in [0.2, 0.25) is 0 Å². The zero-order chi connectivity index (χ0) is 24.8. The topological polar surface area (TPSA) is 112 Å². The molecule has 0 atom stereocenters. The summed E-state index contributed by atoms with van der Waals surface area (Å²) in [6.07, 6.45) is 1.43. The number of fused-ring (bicyclic) bond motifs is 1. The minimum absolute atomic E-state index is 0.108. The summed E-state index contributed by atoms with van der Waals surface area (Å²) in [6, 6.07) is 14.1. The highest BCUT2D eigenvalue weighted by Crippen LogP contribution is 2.36. The Morgan fingerprint density at radius 3 is 2.43 bits per heavy atom. The summed E-state index contributed by atoms with van der Waals surface area (Å²) in [7, 11) is 3.17. The number of anilines is 1. The first-order valence-electron chi connectivity index (χ1n) is 11.9. The maximum Gasteiger partial charge on any atom is 0.409 e. The van der Waals surface area contributed by atoms with E-state index in [4.69, 9.17) is 24.9 Å². The van der Waals surface area contributed by atoms with Gasteiger partial charge < -0.3 is 30.2 Å². The molecular formula is C26H33N5O4. The molecule has 1 aliphatic rings. The van der Waals surface area contributed by atoms with E-state index in [0.717, 1.165) is 24.8 Å². The SMILES string of the molecule is CCOC(=O)N1CCC(CNCc2nc(N)c3cc(OC)c(OC)cc3n2)(c2ccccc2)CC1. The zero-order valence-corrected chi connectivity index (χ0v) is 20.5. The van der Waals surface area contributed by atoms with Crippen LogP contribution < -0.4 is 20.5 Å². The molecule has 9 heteroatoms. The highest BCUT2D eigenvalue weighted by molar-refractivity contribution is 5.90. The highest BCUT2D eigenvalue weighted by atomic mass is 16.6. The number of hydrogen-bond acceptors (Lipinski definition) is 8. The molecule has 0 radical (unpaired) electrons. The Morgan fingerprint density at radius 2 is 1.77 bits per heavy atom. The van der Waals surface area contributed by atoms with Gasteiger partial charge in [-0.1, -0.05) is 30.3 Å². The minimum Gasteiger partial charge on any atom is -0.493 e. The second-order valence-electron chi connectivity index (χ2n) is 8.69. The average molecular weight is 480 g/mol. The number of nitrogens with zero attached hydrogens (tertiary/aromatic N) is 3. The van der Waals surface area contributed by atoms with Crippen LogP contribution in [0.4, 0.5) is 10.6 Å². The lowest BCUT2D eigenvalue weighted by molar-refractivity contribution is 0.0857. The van der Waals surface area contributed by atoms with Crippen molar-refractivity contribution in [3.8, 4) is 11.5 Å². The maximum absolute atomic E-state index is 12.2. The van der Waals surface area contributed by atoms with Crippen LogP contribution in [0.1, 0.15) is 31.2 Å². The third-order valence-electron chi connectivity index (χ3n) is 6.66. The largest absolute Gasteiger partial charge is 0.493 e. The molecule has 1 saturated heterocycles. The van der Waals surface area contributed by atoms with Crippen LogP contribution in [-0.2, 0) is 16.7 Å². The zero-order valence-electron chi connectivity index (χ0n) is 20.5. The van der Waals surface area contributed by atoms with Crippen molar-refractivity contribution in [2.24, 2.45) is 0 Å². The van der Waals surface area contributed by atoms with Gasteiger partial charge >= 0.3 is 6.09 Å². The van der Waals surface area contributed by atoms with E-state index in [1.54, 1.807) is 25.2 Å². The molecule has 186 valence electrons. The molecule has 0 bridgehead atoms. The van der Waals surface area contributed by atoms with Gasteiger partial charge in [0.1, 0.15) is 11.6 Å². The normalized spacial score (nSPS) is 15.1. The molecule has 2 heterocycles. The van der Waals surface area contributed by atoms with Crippen LogP contribution in [0.15, 0.2) is 42.5 Å². The van der Waals surface area contributed by atoms with Crippen LogP contribution >= 0.6 is 0 Å². The third kappa shape index (κ3) is 5.24. The fourth-order valence-corrected chi connectivity index (χ4v) is 4.71. The summed E-state index contributed by atoms with van der Waals surface area (Å²) in [5.41, 5.74) is 8.10. The van der Waals surface area contributed by atoms with E-state index < -0.39 is 0 Å². The van der Waals surface area contributed by atoms with Crippen molar-refractivity contribution < 1.29 is 19.0 Å². The van der Waals surface area contributed by atoms with Crippen LogP contribution in [0.5, 0.6) is 11.5 Å². The summed E-state index contributed by atoms with van der Waals surface area (Å²) in [5.74, 6) is 2.18. The number of amides is 1. The lowest BCUT2D eigenvalue weighted by Gasteiger charge is -2.42. The van der Waals surface area contributed by atoms with Crippen LogP contribution in [0.25, 0.3) is 10.9 Å². The molecule has 1 aromatic heterocycles. The molecular weight excluding hydrogens is 446 g/mol. The maximum atomic E-state index is 12.2. The number of piperidine rings is 1. The number of carbonyl (C=O) groups excluding carboxylic acids is 1. The van der Waals surface area contributed by atoms with Crippen molar-refractivity contribution in [1.29, 1.82) is 0 Å². The van der Waals surface area contributed by atoms with Gasteiger partial charge in [0.25, 0.3) is 0 Å². The first-order valence-corrected chi connectivity index (χ1v) is 11.9. The van der Waals surface area contributed by atoms with Crippen molar-refractivity contribution >= 4 is 22.8 Å². The fourth-order valence-electron chi connectivity index (χ4n) is 4.71. The Hall–Kier alpha value is -3.59. The molecule has 3 aromatic rings. The average Bonchev–Trinajstić information content (AvgIpc) is 2.89. The van der Waals surface area contributed by atoms with Gasteiger partial charge in [-0.3, -0.25) is 0 Å². The molecule has 1 aliphatic heterocycles. The Morgan fingerprint density at radius 1 is 1.09 bits per heavy atom. The Balaban J connectivity index is 1.50. The standard InChI is InChI=1S/C26H33N5O4/c1-4-35-25(32)31-12-10-26(11-13-31,18-8-6-5-7-9-18)17-28-16-23-29-20-15-22(34-3)21(33-2)14-19(20)24(27)30-23/h5-9,14-15,28H,4,10-13,16-17H2,1-3H3,(H2,27,29,30). The first kappa shape index (κ1) is 24.5. The Kier molecular flexibility index (Phi) is 7.55. The van der Waals surface area contributed by atoms with E-state index >= 15 is 0 Å². The molecule has 0 aliphatic carbocycles. The van der Waals surface area contributed by atoms with Crippen LogP contribution in [-0.4, -0.2) is 61.4 Å². The van der Waals surface area contributed by atoms with Crippen LogP contribution in [0.3, 0.4) is 0 Å². The highest BCUT2D eigenvalue weighted by Gasteiger charge is 2.37. The van der Waals surface area contributed by atoms with E-state index in [9.17, 15) is 4.79 Å². The van der Waals surface area contributed by atoms with E-state index in [0.29, 0.717) is 54.9 Å². The van der Waals surface area contributed by atoms with Crippen molar-refractivity contribution in [2.45, 2.75) is 31.7 Å². The first-order chi connectivity index (χ1) is 17.0. The molecule has 1 fully saturated rings. The number of aromatic nitrogens is 2. The Bertz CT molecular complexity index is 1160. The summed E-state index contributed by atoms with van der Waals surface area (Å²) < 4.78 is 16.0. The van der Waals surface area contributed by atoms with E-state index in [-0.39, 0.29) is 11.5 Å². The summed E-state index contributed by atoms with van der Waals surface area (Å²) in [4.78, 5) is 23.2. The molecule has 3 N–H and O–H groups in total. The fraction of sp³-hybridized carbons (Fsp3) is 0.423. The molecule has 0 saturated carbocycles. The molecule has 9 nitrogen and oxygen atoms in total. The van der Waals surface area contributed by atoms with E-state index in [1.165, 1.54) is 5.56 Å². The van der Waals surface area contributed by atoms with Crippen molar-refractivity contribution in [3.05, 3.63) is 53.9 Å². The van der Waals surface area contributed by atoms with Gasteiger partial charge in [-0.25, -0.2) is 14.8 Å². The van der Waals surface area contributed by atoms with Gasteiger partial charge in [0.05, 0.1) is 32.9 Å². The molecule has 1 amide bonds. The van der Waals surface area contributed by atoms with Crippen LogP contribution in [0.2, 0.25) is 0 Å². The number of likely N-dealkylation sites (tertiary alicyclic amines) is 1. The number of carbonyl (C=O) groups is 1. The van der Waals surface area contributed by atoms with Gasteiger partial charge in [-0.2, -0.15) is 0 Å². The van der Waals surface area contributed by atoms with E-state index in [2.05, 4.69) is 34.6 Å². The monoisotopic (exact) mass is 479 g/mol. The van der Waals surface area contributed by atoms with Gasteiger partial charge in [-0.05, 0) is 31.4 Å². The number of rotatable bonds is 8. The smallest absolute Gasteiger partial charge is 0.409 e. The number of methoxy groups -OCH3 is 2. The number of ether oxygens (including phenoxy) is 3. The van der Waals surface area contributed by atoms with Gasteiger partial charge in [0.15, 0.2) is 11.5 Å². The van der Waals surface area contributed by atoms with Crippen LogP contribution in [0, 0.1) is 0 Å². The molecule has 0 spiro atoms. The number of nitrogens with two attached hydrogens (primary N) is 1. The van der Waals surface area contributed by atoms with Gasteiger partial charge in [-0.15, -0.1) is 0 Å². The number of nitrogens with one attached hydrogen (secondary N) is 1. The summed E-state index contributed by atoms with van der Waals surface area (Å²) in [6.45, 7) is 4.70. The van der Waals surface area contributed by atoms with E-state index in [1.807, 2.05) is 19.1 Å². The lowest BCUT2D eigenvalue weighted by atomic mass is 9.72. The molecule has 2 aromatic carbocycles. The van der Waals surface area contributed by atoms with Crippen molar-refractivity contribution in [2.75, 3.05) is 46.2 Å². The third-order valence-corrected chi connectivity index (χ3v) is 6.66. The predicted octanol–water partition coefficient (Wildman–Crippen LogP) is 3.51. The number of hydrogen-bond donors (Lipinski definition) is 2. The lowest BCUT2D eigenvalue weighted by Crippen LogP contribution is -2.49. The quantitative estimate of drug-likeness (QED) is 0.505. The van der Waals surface area contributed by atoms with Gasteiger partial charge in [0, 0.05) is 36.5 Å². The number of nitrogen functional groups attached to an aromatic ring is 1. The van der Waals surface area contributed by atoms with Crippen molar-refractivity contribution in [3.63, 3.8) is 0 Å². The molecule has 4 rings (SSSR count). The molecule has 35 heavy (non-hydrogen) atoms. The second-order valence-corrected chi connectivity index (χ2v) is 8.69. The second kappa shape index (κ2) is 10.8. The minimum atomic E-state index is -0.241. The predicted molar refractivity (Wildman–Crippen MR) is 135 cm³/mol. The number of benzene rings is 2. The summed E-state index contributed by atoms with van der Waals surface area (Å²) in [5, 5.41) is 4.27. The molecule has 0 unspecified atom stereocenters. The summed E-state index contributed by atoms with van der Waals surface area (Å²) >= 11 is 0. The Labute approximate surface area is 205 Å².